The molecule has 100 valence electrons. The van der Waals surface area contributed by atoms with Gasteiger partial charge in [0, 0.05) is 17.1 Å². The van der Waals surface area contributed by atoms with Gasteiger partial charge in [0.05, 0.1) is 0 Å². The van der Waals surface area contributed by atoms with Gasteiger partial charge >= 0.3 is 0 Å². The number of halogens is 1. The van der Waals surface area contributed by atoms with Crippen molar-refractivity contribution in [3.63, 3.8) is 0 Å². The minimum atomic E-state index is 0.529. The van der Waals surface area contributed by atoms with Gasteiger partial charge < -0.3 is 5.32 Å². The predicted octanol–water partition coefficient (Wildman–Crippen LogP) is 4.44. The molecule has 1 fully saturated rings. The Morgan fingerprint density at radius 2 is 1.78 bits per heavy atom. The zero-order valence-corrected chi connectivity index (χ0v) is 12.2. The average Bonchev–Trinajstić information content (AvgIpc) is 2.85. The van der Waals surface area contributed by atoms with E-state index in [4.69, 9.17) is 11.6 Å². The maximum absolute atomic E-state index is 5.90. The lowest BCUT2D eigenvalue weighted by Crippen LogP contribution is -2.39. The Labute approximate surface area is 116 Å². The van der Waals surface area contributed by atoms with Gasteiger partial charge in [-0.3, -0.25) is 0 Å². The predicted molar refractivity (Wildman–Crippen MR) is 79.2 cm³/mol. The van der Waals surface area contributed by atoms with Gasteiger partial charge in [0.2, 0.25) is 0 Å². The molecular weight excluding hydrogens is 242 g/mol. The molecule has 2 atom stereocenters. The molecule has 0 aliphatic heterocycles. The molecule has 1 aromatic carbocycles. The third kappa shape index (κ3) is 4.00. The van der Waals surface area contributed by atoms with Gasteiger partial charge in [-0.25, -0.2) is 0 Å². The molecule has 1 aliphatic rings. The molecule has 2 heteroatoms. The molecule has 1 nitrogen and oxygen atoms in total. The Morgan fingerprint density at radius 3 is 2.39 bits per heavy atom. The van der Waals surface area contributed by atoms with E-state index in [2.05, 4.69) is 31.3 Å². The van der Waals surface area contributed by atoms with Crippen LogP contribution in [0.3, 0.4) is 0 Å². The normalized spacial score (nSPS) is 19.9. The van der Waals surface area contributed by atoms with Gasteiger partial charge in [-0.15, -0.1) is 0 Å². The maximum Gasteiger partial charge on any atom is 0.0406 e. The van der Waals surface area contributed by atoms with Crippen molar-refractivity contribution < 1.29 is 0 Å². The summed E-state index contributed by atoms with van der Waals surface area (Å²) >= 11 is 5.90. The molecule has 2 rings (SSSR count). The topological polar surface area (TPSA) is 12.0 Å². The number of rotatable bonds is 5. The molecule has 0 saturated heterocycles. The molecule has 1 saturated carbocycles. The lowest BCUT2D eigenvalue weighted by Gasteiger charge is -2.25. The summed E-state index contributed by atoms with van der Waals surface area (Å²) in [6.07, 6.45) is 6.72. The molecule has 0 radical (unpaired) electrons. The first-order valence-electron chi connectivity index (χ1n) is 7.15. The lowest BCUT2D eigenvalue weighted by atomic mass is 9.98. The van der Waals surface area contributed by atoms with E-state index < -0.39 is 0 Å². The van der Waals surface area contributed by atoms with Crippen LogP contribution in [0.25, 0.3) is 0 Å². The zero-order valence-electron chi connectivity index (χ0n) is 11.5. The van der Waals surface area contributed by atoms with Crippen LogP contribution < -0.4 is 5.32 Å². The highest BCUT2D eigenvalue weighted by atomic mass is 35.5. The van der Waals surface area contributed by atoms with E-state index in [0.717, 1.165) is 17.4 Å². The highest BCUT2D eigenvalue weighted by Gasteiger charge is 2.22. The third-order valence-electron chi connectivity index (χ3n) is 4.11. The van der Waals surface area contributed by atoms with Crippen LogP contribution in [0.5, 0.6) is 0 Å². The monoisotopic (exact) mass is 265 g/mol. The Kier molecular flexibility index (Phi) is 5.08. The third-order valence-corrected chi connectivity index (χ3v) is 4.36. The van der Waals surface area contributed by atoms with Gasteiger partial charge in [0.1, 0.15) is 0 Å². The number of nitrogens with one attached hydrogen (secondary N) is 1. The summed E-state index contributed by atoms with van der Waals surface area (Å²) in [7, 11) is 0. The van der Waals surface area contributed by atoms with Gasteiger partial charge in [-0.1, -0.05) is 36.6 Å². The van der Waals surface area contributed by atoms with E-state index >= 15 is 0 Å². The molecule has 1 aliphatic carbocycles. The minimum Gasteiger partial charge on any atom is -0.311 e. The summed E-state index contributed by atoms with van der Waals surface area (Å²) in [5.41, 5.74) is 1.36. The van der Waals surface area contributed by atoms with Crippen LogP contribution in [0.15, 0.2) is 24.3 Å². The van der Waals surface area contributed by atoms with E-state index in [0.29, 0.717) is 12.1 Å². The molecule has 1 aromatic rings. The number of hydrogen-bond donors (Lipinski definition) is 1. The first-order valence-corrected chi connectivity index (χ1v) is 7.53. The van der Waals surface area contributed by atoms with Crippen LogP contribution in [0.2, 0.25) is 5.02 Å². The zero-order chi connectivity index (χ0) is 13.0. The van der Waals surface area contributed by atoms with Gasteiger partial charge in [-0.05, 0) is 56.7 Å². The Hall–Kier alpha value is -0.530. The first-order chi connectivity index (χ1) is 8.65. The van der Waals surface area contributed by atoms with Gasteiger partial charge in [0.25, 0.3) is 0 Å². The van der Waals surface area contributed by atoms with E-state index in [1.165, 1.54) is 31.2 Å². The summed E-state index contributed by atoms with van der Waals surface area (Å²) in [4.78, 5) is 0. The summed E-state index contributed by atoms with van der Waals surface area (Å²) in [5.74, 6) is 0.887. The minimum absolute atomic E-state index is 0.529. The van der Waals surface area contributed by atoms with Crippen LogP contribution in [-0.4, -0.2) is 12.1 Å². The van der Waals surface area contributed by atoms with E-state index in [-0.39, 0.29) is 0 Å². The molecule has 0 bridgehead atoms. The summed E-state index contributed by atoms with van der Waals surface area (Å²) in [5, 5.41) is 4.57. The summed E-state index contributed by atoms with van der Waals surface area (Å²) < 4.78 is 0. The lowest BCUT2D eigenvalue weighted by molar-refractivity contribution is 0.348. The van der Waals surface area contributed by atoms with Crippen molar-refractivity contribution in [2.75, 3.05) is 0 Å². The Balaban J connectivity index is 1.80. The van der Waals surface area contributed by atoms with Crippen molar-refractivity contribution in [2.45, 2.75) is 58.0 Å². The number of hydrogen-bond acceptors (Lipinski definition) is 1. The van der Waals surface area contributed by atoms with Gasteiger partial charge in [-0.2, -0.15) is 0 Å². The average molecular weight is 266 g/mol. The molecule has 1 unspecified atom stereocenters. The molecule has 0 spiro atoms. The summed E-state index contributed by atoms with van der Waals surface area (Å²) in [6.45, 7) is 4.62. The fraction of sp³-hybridized carbons (Fsp3) is 0.625. The second-order valence-corrected chi connectivity index (χ2v) is 6.17. The number of benzene rings is 1. The fourth-order valence-corrected chi connectivity index (χ4v) is 3.20. The fourth-order valence-electron chi connectivity index (χ4n) is 3.08. The Bertz CT molecular complexity index is 354. The highest BCUT2D eigenvalue weighted by molar-refractivity contribution is 6.30. The van der Waals surface area contributed by atoms with Gasteiger partial charge in [0.15, 0.2) is 0 Å². The van der Waals surface area contributed by atoms with Crippen molar-refractivity contribution in [2.24, 2.45) is 5.92 Å². The molecule has 0 heterocycles. The highest BCUT2D eigenvalue weighted by Crippen LogP contribution is 2.27. The van der Waals surface area contributed by atoms with Crippen molar-refractivity contribution in [1.29, 1.82) is 0 Å². The first kappa shape index (κ1) is 13.9. The molecule has 0 aromatic heterocycles. The maximum atomic E-state index is 5.90. The van der Waals surface area contributed by atoms with Crippen molar-refractivity contribution in [3.05, 3.63) is 34.9 Å². The van der Waals surface area contributed by atoms with Crippen LogP contribution >= 0.6 is 11.6 Å². The summed E-state index contributed by atoms with van der Waals surface area (Å²) in [6, 6.07) is 9.38. The SMILES string of the molecule is CC(Cc1ccc(Cl)cc1)N[C@@H](C)C1CCCC1. The second-order valence-electron chi connectivity index (χ2n) is 5.73. The Morgan fingerprint density at radius 1 is 1.17 bits per heavy atom. The van der Waals surface area contributed by atoms with Crippen molar-refractivity contribution >= 4 is 11.6 Å². The van der Waals surface area contributed by atoms with Crippen LogP contribution in [0.1, 0.15) is 45.1 Å². The molecule has 1 N–H and O–H groups in total. The second kappa shape index (κ2) is 6.58. The molecule has 18 heavy (non-hydrogen) atoms. The standard InChI is InChI=1S/C16H24ClN/c1-12(11-14-7-9-16(17)10-8-14)18-13(2)15-5-3-4-6-15/h7-10,12-13,15,18H,3-6,11H2,1-2H3/t12?,13-/m0/s1. The van der Waals surface area contributed by atoms with Crippen LogP contribution in [0, 0.1) is 5.92 Å². The van der Waals surface area contributed by atoms with E-state index in [9.17, 15) is 0 Å². The van der Waals surface area contributed by atoms with E-state index in [1.807, 2.05) is 12.1 Å². The molecular formula is C16H24ClN. The van der Waals surface area contributed by atoms with Crippen LogP contribution in [0.4, 0.5) is 0 Å². The molecule has 0 amide bonds. The van der Waals surface area contributed by atoms with Crippen molar-refractivity contribution in [3.8, 4) is 0 Å². The van der Waals surface area contributed by atoms with Crippen LogP contribution in [-0.2, 0) is 6.42 Å². The van der Waals surface area contributed by atoms with E-state index in [1.54, 1.807) is 0 Å². The smallest absolute Gasteiger partial charge is 0.0406 e. The quantitative estimate of drug-likeness (QED) is 0.830. The van der Waals surface area contributed by atoms with Crippen molar-refractivity contribution in [1.82, 2.24) is 5.32 Å². The largest absolute Gasteiger partial charge is 0.311 e.